The van der Waals surface area contributed by atoms with E-state index in [1.807, 2.05) is 29.0 Å². The van der Waals surface area contributed by atoms with Crippen LogP contribution in [0.5, 0.6) is 0 Å². The largest absolute Gasteiger partial charge is 0.458 e. The molecule has 0 unspecified atom stereocenters. The minimum atomic E-state index is -0.424. The number of hydrogen-bond donors (Lipinski definition) is 1. The van der Waals surface area contributed by atoms with Crippen molar-refractivity contribution < 1.29 is 9.53 Å². The lowest BCUT2D eigenvalue weighted by atomic mass is 10.4. The SMILES string of the molecule is CC(N)=CC(=O)OCC=Cc1ccc(Cn2ccnc2)s1. The summed E-state index contributed by atoms with van der Waals surface area (Å²) in [6.07, 6.45) is 10.5. The normalized spacial score (nSPS) is 12.0. The summed E-state index contributed by atoms with van der Waals surface area (Å²) >= 11 is 1.69. The second-order valence-electron chi connectivity index (χ2n) is 4.46. The maximum atomic E-state index is 11.2. The molecule has 2 aromatic heterocycles. The third-order valence-electron chi connectivity index (χ3n) is 2.53. The van der Waals surface area contributed by atoms with Crippen molar-refractivity contribution in [2.45, 2.75) is 13.5 Å². The standard InChI is InChI=1S/C15H17N3O2S/c1-12(16)9-15(19)20-8-2-3-13-4-5-14(21-13)10-18-7-6-17-11-18/h2-7,9,11H,8,10,16H2,1H3. The number of nitrogens with zero attached hydrogens (tertiary/aromatic N) is 2. The van der Waals surface area contributed by atoms with Crippen LogP contribution in [0.4, 0.5) is 0 Å². The lowest BCUT2D eigenvalue weighted by Crippen LogP contribution is -2.03. The molecular formula is C15H17N3O2S. The fourth-order valence-corrected chi connectivity index (χ4v) is 2.60. The van der Waals surface area contributed by atoms with Crippen molar-refractivity contribution in [1.82, 2.24) is 9.55 Å². The Hall–Kier alpha value is -2.34. The Labute approximate surface area is 127 Å². The second-order valence-corrected chi connectivity index (χ2v) is 5.66. The zero-order valence-corrected chi connectivity index (χ0v) is 12.5. The number of imidazole rings is 1. The molecule has 0 aromatic carbocycles. The van der Waals surface area contributed by atoms with Crippen LogP contribution in [0.2, 0.25) is 0 Å². The molecule has 0 aliphatic heterocycles. The van der Waals surface area contributed by atoms with Gasteiger partial charge in [-0.05, 0) is 31.2 Å². The van der Waals surface area contributed by atoms with Crippen molar-refractivity contribution in [3.63, 3.8) is 0 Å². The quantitative estimate of drug-likeness (QED) is 0.657. The van der Waals surface area contributed by atoms with Crippen LogP contribution < -0.4 is 5.73 Å². The first kappa shape index (κ1) is 15.1. The average Bonchev–Trinajstić information content (AvgIpc) is 3.06. The van der Waals surface area contributed by atoms with E-state index in [2.05, 4.69) is 11.1 Å². The van der Waals surface area contributed by atoms with Gasteiger partial charge in [0.25, 0.3) is 0 Å². The van der Waals surface area contributed by atoms with Crippen molar-refractivity contribution in [1.29, 1.82) is 0 Å². The summed E-state index contributed by atoms with van der Waals surface area (Å²) in [5, 5.41) is 0. The molecule has 0 fully saturated rings. The van der Waals surface area contributed by atoms with Crippen molar-refractivity contribution in [2.75, 3.05) is 6.61 Å². The number of allylic oxidation sites excluding steroid dienone is 1. The van der Waals surface area contributed by atoms with Crippen molar-refractivity contribution in [3.05, 3.63) is 58.5 Å². The smallest absolute Gasteiger partial charge is 0.332 e. The molecule has 21 heavy (non-hydrogen) atoms. The zero-order valence-electron chi connectivity index (χ0n) is 11.7. The summed E-state index contributed by atoms with van der Waals surface area (Å²) in [6.45, 7) is 2.69. The highest BCUT2D eigenvalue weighted by Crippen LogP contribution is 2.18. The number of aromatic nitrogens is 2. The molecule has 2 N–H and O–H groups in total. The van der Waals surface area contributed by atoms with E-state index in [0.717, 1.165) is 11.4 Å². The van der Waals surface area contributed by atoms with Gasteiger partial charge in [0.15, 0.2) is 0 Å². The number of ether oxygens (including phenoxy) is 1. The molecule has 2 rings (SSSR count). The predicted molar refractivity (Wildman–Crippen MR) is 83.6 cm³/mol. The van der Waals surface area contributed by atoms with Gasteiger partial charge >= 0.3 is 5.97 Å². The van der Waals surface area contributed by atoms with Crippen LogP contribution in [0, 0.1) is 0 Å². The Kier molecular flexibility index (Phi) is 5.34. The lowest BCUT2D eigenvalue weighted by molar-refractivity contribution is -0.136. The third kappa shape index (κ3) is 5.27. The molecule has 0 saturated heterocycles. The van der Waals surface area contributed by atoms with Gasteiger partial charge in [0.05, 0.1) is 12.9 Å². The molecule has 2 heterocycles. The van der Waals surface area contributed by atoms with E-state index >= 15 is 0 Å². The third-order valence-corrected chi connectivity index (χ3v) is 3.56. The summed E-state index contributed by atoms with van der Waals surface area (Å²) in [5.41, 5.74) is 5.82. The highest BCUT2D eigenvalue weighted by atomic mass is 32.1. The van der Waals surface area contributed by atoms with Gasteiger partial charge < -0.3 is 15.0 Å². The summed E-state index contributed by atoms with van der Waals surface area (Å²) in [4.78, 5) is 17.6. The highest BCUT2D eigenvalue weighted by molar-refractivity contribution is 7.12. The van der Waals surface area contributed by atoms with Crippen molar-refractivity contribution >= 4 is 23.4 Å². The van der Waals surface area contributed by atoms with E-state index in [4.69, 9.17) is 10.5 Å². The minimum absolute atomic E-state index is 0.233. The topological polar surface area (TPSA) is 70.1 Å². The molecule has 2 aromatic rings. The molecule has 0 amide bonds. The first-order chi connectivity index (χ1) is 10.1. The first-order valence-corrected chi connectivity index (χ1v) is 7.26. The predicted octanol–water partition coefficient (Wildman–Crippen LogP) is 2.41. The maximum absolute atomic E-state index is 11.2. The van der Waals surface area contributed by atoms with Gasteiger partial charge in [-0.2, -0.15) is 0 Å². The fourth-order valence-electron chi connectivity index (χ4n) is 1.65. The molecule has 0 radical (unpaired) electrons. The summed E-state index contributed by atoms with van der Waals surface area (Å²) < 4.78 is 6.99. The van der Waals surface area contributed by atoms with E-state index < -0.39 is 5.97 Å². The van der Waals surface area contributed by atoms with Crippen LogP contribution in [0.3, 0.4) is 0 Å². The first-order valence-electron chi connectivity index (χ1n) is 6.45. The van der Waals surface area contributed by atoms with Gasteiger partial charge in [0.1, 0.15) is 6.61 Å². The molecule has 5 nitrogen and oxygen atoms in total. The summed E-state index contributed by atoms with van der Waals surface area (Å²) in [7, 11) is 0. The van der Waals surface area contributed by atoms with Crippen LogP contribution in [0.25, 0.3) is 6.08 Å². The molecular weight excluding hydrogens is 286 g/mol. The molecule has 0 aliphatic carbocycles. The van der Waals surface area contributed by atoms with Gasteiger partial charge in [-0.25, -0.2) is 9.78 Å². The fraction of sp³-hybridized carbons (Fsp3) is 0.200. The Morgan fingerprint density at radius 1 is 1.52 bits per heavy atom. The molecule has 0 saturated carbocycles. The monoisotopic (exact) mass is 303 g/mol. The van der Waals surface area contributed by atoms with Crippen LogP contribution in [-0.4, -0.2) is 22.1 Å². The number of thiophene rings is 1. The van der Waals surface area contributed by atoms with Gasteiger partial charge in [-0.3, -0.25) is 0 Å². The molecule has 6 heteroatoms. The van der Waals surface area contributed by atoms with Gasteiger partial charge in [0, 0.05) is 33.9 Å². The highest BCUT2D eigenvalue weighted by Gasteiger charge is 1.99. The van der Waals surface area contributed by atoms with Crippen LogP contribution in [0.1, 0.15) is 16.7 Å². The Morgan fingerprint density at radius 2 is 2.38 bits per heavy atom. The number of carbonyl (C=O) groups is 1. The number of nitrogens with two attached hydrogens (primary N) is 1. The molecule has 0 bridgehead atoms. The Bertz CT molecular complexity index is 638. The summed E-state index contributed by atoms with van der Waals surface area (Å²) in [6, 6.07) is 4.12. The minimum Gasteiger partial charge on any atom is -0.458 e. The van der Waals surface area contributed by atoms with Crippen LogP contribution >= 0.6 is 11.3 Å². The summed E-state index contributed by atoms with van der Waals surface area (Å²) in [5.74, 6) is -0.424. The second kappa shape index (κ2) is 7.44. The lowest BCUT2D eigenvalue weighted by Gasteiger charge is -1.97. The van der Waals surface area contributed by atoms with Crippen LogP contribution in [-0.2, 0) is 16.1 Å². The molecule has 0 spiro atoms. The van der Waals surface area contributed by atoms with E-state index in [0.29, 0.717) is 5.70 Å². The molecule has 0 atom stereocenters. The average molecular weight is 303 g/mol. The van der Waals surface area contributed by atoms with Crippen LogP contribution in [0.15, 0.2) is 48.7 Å². The van der Waals surface area contributed by atoms with E-state index in [1.165, 1.54) is 11.0 Å². The number of carbonyl (C=O) groups excluding carboxylic acids is 1. The molecule has 110 valence electrons. The van der Waals surface area contributed by atoms with E-state index in [9.17, 15) is 4.79 Å². The van der Waals surface area contributed by atoms with Gasteiger partial charge in [-0.15, -0.1) is 11.3 Å². The van der Waals surface area contributed by atoms with Gasteiger partial charge in [0.2, 0.25) is 0 Å². The Balaban J connectivity index is 1.81. The van der Waals surface area contributed by atoms with Crippen molar-refractivity contribution in [3.8, 4) is 0 Å². The van der Waals surface area contributed by atoms with E-state index in [1.54, 1.807) is 30.8 Å². The van der Waals surface area contributed by atoms with Crippen molar-refractivity contribution in [2.24, 2.45) is 5.73 Å². The van der Waals surface area contributed by atoms with Gasteiger partial charge in [-0.1, -0.05) is 0 Å². The van der Waals surface area contributed by atoms with E-state index in [-0.39, 0.29) is 6.61 Å². The number of esters is 1. The number of rotatable bonds is 6. The maximum Gasteiger partial charge on any atom is 0.332 e. The molecule has 0 aliphatic rings. The number of hydrogen-bond acceptors (Lipinski definition) is 5. The zero-order chi connectivity index (χ0) is 15.1. The Morgan fingerprint density at radius 3 is 3.10 bits per heavy atom.